The van der Waals surface area contributed by atoms with E-state index in [4.69, 9.17) is 26.7 Å². The number of hydrogen-bond acceptors (Lipinski definition) is 15. The topological polar surface area (TPSA) is 327 Å². The summed E-state index contributed by atoms with van der Waals surface area (Å²) in [4.78, 5) is 64.9. The predicted octanol–water partition coefficient (Wildman–Crippen LogP) is -5.96. The van der Waals surface area contributed by atoms with Crippen molar-refractivity contribution >= 4 is 35.7 Å². The highest BCUT2D eigenvalue weighted by molar-refractivity contribution is 5.92. The molecule has 3 aliphatic heterocycles. The lowest BCUT2D eigenvalue weighted by molar-refractivity contribution is -0.198. The van der Waals surface area contributed by atoms with Crippen LogP contribution in [0.1, 0.15) is 45.4 Å². The molecular formula is C27H48N10O10. The summed E-state index contributed by atoms with van der Waals surface area (Å²) in [7, 11) is 0. The average molecular weight is 673 g/mol. The van der Waals surface area contributed by atoms with Crippen LogP contribution in [0.5, 0.6) is 0 Å². The number of amides is 5. The first-order chi connectivity index (χ1) is 22.3. The minimum atomic E-state index is -1.66. The molecule has 5 amide bonds. The lowest BCUT2D eigenvalue weighted by atomic mass is 9.95. The van der Waals surface area contributed by atoms with Crippen LogP contribution in [0.4, 0.5) is 4.79 Å². The normalized spacial score (nSPS) is 29.6. The van der Waals surface area contributed by atoms with Gasteiger partial charge in [0.05, 0.1) is 12.1 Å². The van der Waals surface area contributed by atoms with Crippen molar-refractivity contribution in [1.29, 1.82) is 0 Å². The maximum absolute atomic E-state index is 13.2. The van der Waals surface area contributed by atoms with Gasteiger partial charge in [-0.1, -0.05) is 0 Å². The summed E-state index contributed by atoms with van der Waals surface area (Å²) >= 11 is 0. The third-order valence-corrected chi connectivity index (χ3v) is 7.94. The Hall–Kier alpha value is -3.82. The summed E-state index contributed by atoms with van der Waals surface area (Å²) in [5.74, 6) is -1.64. The quantitative estimate of drug-likeness (QED) is 0.0680. The molecule has 20 nitrogen and oxygen atoms in total. The zero-order chi connectivity index (χ0) is 34.7. The van der Waals surface area contributed by atoms with Gasteiger partial charge in [0.2, 0.25) is 23.6 Å². The molecule has 0 aromatic rings. The largest absolute Gasteiger partial charge is 0.447 e. The van der Waals surface area contributed by atoms with Crippen LogP contribution < -0.4 is 49.1 Å². The number of fused-ring (bicyclic) bond motifs is 1. The molecule has 3 rings (SSSR count). The van der Waals surface area contributed by atoms with Gasteiger partial charge in [-0.2, -0.15) is 0 Å². The lowest BCUT2D eigenvalue weighted by Crippen LogP contribution is -2.69. The lowest BCUT2D eigenvalue weighted by Gasteiger charge is -2.43. The van der Waals surface area contributed by atoms with E-state index in [1.54, 1.807) is 0 Å². The molecule has 266 valence electrons. The van der Waals surface area contributed by atoms with Crippen molar-refractivity contribution in [1.82, 2.24) is 31.9 Å². The minimum Gasteiger partial charge on any atom is -0.447 e. The molecule has 47 heavy (non-hydrogen) atoms. The van der Waals surface area contributed by atoms with Gasteiger partial charge < -0.3 is 73.9 Å². The van der Waals surface area contributed by atoms with Gasteiger partial charge in [-0.3, -0.25) is 19.2 Å². The van der Waals surface area contributed by atoms with Crippen molar-refractivity contribution in [3.8, 4) is 0 Å². The van der Waals surface area contributed by atoms with Gasteiger partial charge in [-0.25, -0.2) is 9.79 Å². The third kappa shape index (κ3) is 11.4. The van der Waals surface area contributed by atoms with Gasteiger partial charge in [-0.15, -0.1) is 0 Å². The van der Waals surface area contributed by atoms with Crippen LogP contribution in [0.15, 0.2) is 4.99 Å². The standard InChI is InChI=1S/C27H48N10O10/c1-12(38)33-14(5-3-7-31-17(40)8-13(29)4-2-6-28)9-18(41)34-21-23(43)22(42)16(11-46-26(30)45)47-25(21)37-27-35-19-15(39)10-32-24(44)20(19)36-27/h13-16,19-23,25,39,42-43H,2-11,28-29H2,1H3,(H2,30,45)(H,31,40)(H,32,44)(H,33,38)(H,34,41)(H2,35,36,37)/t13-,14-,15+,16?,19+,20-,21?,22?,23?,25?/m0/s1. The number of piperidine rings is 1. The van der Waals surface area contributed by atoms with Gasteiger partial charge in [0, 0.05) is 44.9 Å². The fourth-order valence-electron chi connectivity index (χ4n) is 5.57. The Morgan fingerprint density at radius 3 is 2.51 bits per heavy atom. The Kier molecular flexibility index (Phi) is 14.3. The number of hydrogen-bond donors (Lipinski definition) is 12. The SMILES string of the molecule is CC(=O)N[C@@H](CCCNC(=O)C[C@@H](N)CCCN)CC(=O)NC1C(NC2=N[C@@H]3C(=O)NC[C@@H](O)[C@H]3N2)OC(COC(N)=O)C(O)C1O. The highest BCUT2D eigenvalue weighted by atomic mass is 16.6. The van der Waals surface area contributed by atoms with Gasteiger partial charge in [0.15, 0.2) is 18.2 Å². The molecule has 0 saturated carbocycles. The van der Waals surface area contributed by atoms with Crippen LogP contribution in [0.2, 0.25) is 0 Å². The van der Waals surface area contributed by atoms with Crippen LogP contribution in [-0.4, -0.2) is 138 Å². The number of primary amides is 1. The van der Waals surface area contributed by atoms with Gasteiger partial charge in [-0.05, 0) is 32.2 Å². The zero-order valence-corrected chi connectivity index (χ0v) is 26.2. The smallest absolute Gasteiger partial charge is 0.404 e. The fraction of sp³-hybridized carbons (Fsp3) is 0.778. The molecule has 15 N–H and O–H groups in total. The average Bonchev–Trinajstić information content (AvgIpc) is 3.44. The van der Waals surface area contributed by atoms with Crippen molar-refractivity contribution in [3.63, 3.8) is 0 Å². The summed E-state index contributed by atoms with van der Waals surface area (Å²) < 4.78 is 10.6. The molecule has 20 heteroatoms. The van der Waals surface area contributed by atoms with Crippen molar-refractivity contribution < 1.29 is 48.8 Å². The molecule has 0 spiro atoms. The monoisotopic (exact) mass is 672 g/mol. The van der Waals surface area contributed by atoms with Gasteiger partial charge >= 0.3 is 6.09 Å². The number of carbonyl (C=O) groups is 5. The van der Waals surface area contributed by atoms with E-state index in [0.29, 0.717) is 32.2 Å². The molecule has 0 aromatic heterocycles. The van der Waals surface area contributed by atoms with Crippen LogP contribution in [0, 0.1) is 0 Å². The maximum Gasteiger partial charge on any atom is 0.404 e. The number of nitrogens with two attached hydrogens (primary N) is 3. The molecule has 3 aliphatic rings. The number of aliphatic imine (C=N–C) groups is 1. The van der Waals surface area contributed by atoms with Crippen LogP contribution in [0.3, 0.4) is 0 Å². The molecule has 2 fully saturated rings. The number of nitrogens with zero attached hydrogens (tertiary/aromatic N) is 1. The third-order valence-electron chi connectivity index (χ3n) is 7.94. The van der Waals surface area contributed by atoms with E-state index in [2.05, 4.69) is 36.9 Å². The maximum atomic E-state index is 13.2. The van der Waals surface area contributed by atoms with Crippen molar-refractivity contribution in [2.45, 2.75) is 106 Å². The first kappa shape index (κ1) is 37.6. The molecule has 0 aromatic carbocycles. The molecule has 0 radical (unpaired) electrons. The number of guanidine groups is 1. The number of rotatable bonds is 16. The Bertz CT molecular complexity index is 1150. The number of nitrogens with one attached hydrogen (secondary N) is 6. The van der Waals surface area contributed by atoms with E-state index in [1.807, 2.05) is 0 Å². The number of aliphatic hydroxyl groups excluding tert-OH is 3. The van der Waals surface area contributed by atoms with E-state index >= 15 is 0 Å². The Balaban J connectivity index is 1.63. The van der Waals surface area contributed by atoms with Crippen LogP contribution >= 0.6 is 0 Å². The molecule has 0 aliphatic carbocycles. The van der Waals surface area contributed by atoms with Crippen LogP contribution in [0.25, 0.3) is 0 Å². The second-order valence-electron chi connectivity index (χ2n) is 11.8. The molecule has 2 saturated heterocycles. The van der Waals surface area contributed by atoms with Gasteiger partial charge in [0.25, 0.3) is 0 Å². The zero-order valence-electron chi connectivity index (χ0n) is 26.2. The summed E-state index contributed by atoms with van der Waals surface area (Å²) in [5, 5.41) is 48.4. The van der Waals surface area contributed by atoms with E-state index in [9.17, 15) is 39.3 Å². The number of carbonyl (C=O) groups excluding carboxylic acids is 5. The number of β-amino-alcohol motifs (C(OH)–C–C–N with tert-alkyl or cyclic N) is 1. The van der Waals surface area contributed by atoms with E-state index in [1.165, 1.54) is 6.92 Å². The Morgan fingerprint density at radius 2 is 1.85 bits per heavy atom. The van der Waals surface area contributed by atoms with E-state index in [-0.39, 0.29) is 49.7 Å². The van der Waals surface area contributed by atoms with Crippen molar-refractivity contribution in [3.05, 3.63) is 0 Å². The van der Waals surface area contributed by atoms with Crippen LogP contribution in [-0.2, 0) is 28.7 Å². The molecule has 10 atom stereocenters. The molecule has 3 heterocycles. The first-order valence-electron chi connectivity index (χ1n) is 15.6. The second kappa shape index (κ2) is 17.9. The number of aliphatic hydroxyl groups is 3. The molecule has 5 unspecified atom stereocenters. The van der Waals surface area contributed by atoms with Gasteiger partial charge in [0.1, 0.15) is 31.0 Å². The first-order valence-corrected chi connectivity index (χ1v) is 15.6. The minimum absolute atomic E-state index is 0.0110. The Labute approximate surface area is 271 Å². The summed E-state index contributed by atoms with van der Waals surface area (Å²) in [6, 6.07) is -3.96. The molecular weight excluding hydrogens is 624 g/mol. The van der Waals surface area contributed by atoms with Crippen molar-refractivity contribution in [2.75, 3.05) is 26.2 Å². The van der Waals surface area contributed by atoms with E-state index < -0.39 is 79.3 Å². The second-order valence-corrected chi connectivity index (χ2v) is 11.8. The number of ether oxygens (including phenoxy) is 2. The predicted molar refractivity (Wildman–Crippen MR) is 164 cm³/mol. The summed E-state index contributed by atoms with van der Waals surface area (Å²) in [6.45, 7) is 1.55. The highest BCUT2D eigenvalue weighted by Gasteiger charge is 2.48. The highest BCUT2D eigenvalue weighted by Crippen LogP contribution is 2.22. The Morgan fingerprint density at radius 1 is 1.11 bits per heavy atom. The fourth-order valence-corrected chi connectivity index (χ4v) is 5.57. The summed E-state index contributed by atoms with van der Waals surface area (Å²) in [6.07, 6.45) is -5.95. The summed E-state index contributed by atoms with van der Waals surface area (Å²) in [5.41, 5.74) is 16.4. The molecule has 0 bridgehead atoms. The van der Waals surface area contributed by atoms with E-state index in [0.717, 1.165) is 0 Å². The van der Waals surface area contributed by atoms with Crippen molar-refractivity contribution in [2.24, 2.45) is 22.2 Å².